The number of allylic oxidation sites excluding steroid dienone is 1. The van der Waals surface area contributed by atoms with Crippen molar-refractivity contribution in [3.8, 4) is 0 Å². The second kappa shape index (κ2) is 4.22. The Labute approximate surface area is 80.5 Å². The average Bonchev–Trinajstić information content (AvgIpc) is 2.08. The van der Waals surface area contributed by atoms with Crippen molar-refractivity contribution in [2.24, 2.45) is 0 Å². The van der Waals surface area contributed by atoms with Gasteiger partial charge in [0.1, 0.15) is 0 Å². The van der Waals surface area contributed by atoms with Crippen molar-refractivity contribution in [2.45, 2.75) is 33.6 Å². The van der Waals surface area contributed by atoms with Crippen LogP contribution in [0.3, 0.4) is 0 Å². The van der Waals surface area contributed by atoms with E-state index in [0.717, 1.165) is 5.69 Å². The van der Waals surface area contributed by atoms with E-state index in [1.165, 1.54) is 11.1 Å². The Bertz CT molecular complexity index is 311. The molecule has 0 aromatic carbocycles. The van der Waals surface area contributed by atoms with Gasteiger partial charge in [-0.25, -0.2) is 0 Å². The van der Waals surface area contributed by atoms with Gasteiger partial charge in [-0.15, -0.1) is 0 Å². The summed E-state index contributed by atoms with van der Waals surface area (Å²) < 4.78 is 0. The monoisotopic (exact) mass is 175 g/mol. The van der Waals surface area contributed by atoms with Gasteiger partial charge in [-0.3, -0.25) is 4.98 Å². The molecule has 0 saturated carbocycles. The third kappa shape index (κ3) is 2.18. The summed E-state index contributed by atoms with van der Waals surface area (Å²) in [6, 6.07) is 2.10. The molecular weight excluding hydrogens is 158 g/mol. The molecule has 0 amide bonds. The zero-order valence-electron chi connectivity index (χ0n) is 8.83. The molecule has 0 bridgehead atoms. The minimum Gasteiger partial charge on any atom is -0.261 e. The maximum atomic E-state index is 4.29. The van der Waals surface area contributed by atoms with E-state index in [0.29, 0.717) is 5.92 Å². The fourth-order valence-electron chi connectivity index (χ4n) is 1.48. The van der Waals surface area contributed by atoms with E-state index < -0.39 is 0 Å². The summed E-state index contributed by atoms with van der Waals surface area (Å²) in [4.78, 5) is 4.29. The van der Waals surface area contributed by atoms with E-state index in [-0.39, 0.29) is 0 Å². The Morgan fingerprint density at radius 1 is 1.38 bits per heavy atom. The molecule has 0 unspecified atom stereocenters. The Morgan fingerprint density at radius 2 is 2.08 bits per heavy atom. The first kappa shape index (κ1) is 9.97. The number of aromatic nitrogens is 1. The van der Waals surface area contributed by atoms with Gasteiger partial charge in [-0.1, -0.05) is 26.0 Å². The zero-order valence-corrected chi connectivity index (χ0v) is 8.83. The molecular formula is C12H17N. The quantitative estimate of drug-likeness (QED) is 0.670. The smallest absolute Gasteiger partial charge is 0.0447 e. The molecule has 1 nitrogen and oxygen atoms in total. The number of pyridine rings is 1. The summed E-state index contributed by atoms with van der Waals surface area (Å²) in [6.07, 6.45) is 6.09. The number of aryl methyl sites for hydroxylation is 1. The predicted octanol–water partition coefficient (Wildman–Crippen LogP) is 3.55. The molecule has 0 atom stereocenters. The molecule has 0 fully saturated rings. The van der Waals surface area contributed by atoms with Crippen molar-refractivity contribution >= 4 is 6.08 Å². The molecule has 0 aliphatic carbocycles. The lowest BCUT2D eigenvalue weighted by Gasteiger charge is -2.11. The van der Waals surface area contributed by atoms with Gasteiger partial charge in [0.2, 0.25) is 0 Å². The lowest BCUT2D eigenvalue weighted by atomic mass is 9.97. The van der Waals surface area contributed by atoms with Crippen molar-refractivity contribution in [1.29, 1.82) is 0 Å². The Morgan fingerprint density at radius 3 is 2.62 bits per heavy atom. The van der Waals surface area contributed by atoms with Crippen LogP contribution >= 0.6 is 0 Å². The van der Waals surface area contributed by atoms with E-state index in [4.69, 9.17) is 0 Å². The largest absolute Gasteiger partial charge is 0.261 e. The van der Waals surface area contributed by atoms with Crippen LogP contribution in [-0.2, 0) is 0 Å². The standard InChI is InChI=1S/C12H17N/c1-5-6-12-10(4)13-8-7-11(12)9(2)3/h5-9H,1-4H3/b6-5-. The van der Waals surface area contributed by atoms with Crippen LogP contribution in [0.5, 0.6) is 0 Å². The topological polar surface area (TPSA) is 12.9 Å². The Hall–Kier alpha value is -1.11. The first-order valence-corrected chi connectivity index (χ1v) is 4.75. The van der Waals surface area contributed by atoms with Gasteiger partial charge in [-0.2, -0.15) is 0 Å². The van der Waals surface area contributed by atoms with Gasteiger partial charge >= 0.3 is 0 Å². The highest BCUT2D eigenvalue weighted by Crippen LogP contribution is 2.21. The van der Waals surface area contributed by atoms with Gasteiger partial charge < -0.3 is 0 Å². The second-order valence-corrected chi connectivity index (χ2v) is 3.55. The highest BCUT2D eigenvalue weighted by atomic mass is 14.7. The van der Waals surface area contributed by atoms with Crippen molar-refractivity contribution in [1.82, 2.24) is 4.98 Å². The maximum Gasteiger partial charge on any atom is 0.0447 e. The van der Waals surface area contributed by atoms with Crippen LogP contribution in [0.15, 0.2) is 18.3 Å². The summed E-state index contributed by atoms with van der Waals surface area (Å²) in [5.41, 5.74) is 3.77. The molecule has 70 valence electrons. The second-order valence-electron chi connectivity index (χ2n) is 3.55. The van der Waals surface area contributed by atoms with E-state index in [1.54, 1.807) is 0 Å². The number of hydrogen-bond donors (Lipinski definition) is 0. The van der Waals surface area contributed by atoms with Crippen LogP contribution < -0.4 is 0 Å². The average molecular weight is 175 g/mol. The molecule has 0 saturated heterocycles. The first-order valence-electron chi connectivity index (χ1n) is 4.75. The minimum absolute atomic E-state index is 0.563. The number of nitrogens with zero attached hydrogens (tertiary/aromatic N) is 1. The summed E-state index contributed by atoms with van der Waals surface area (Å²) in [7, 11) is 0. The summed E-state index contributed by atoms with van der Waals surface area (Å²) in [5, 5.41) is 0. The van der Waals surface area contributed by atoms with Gasteiger partial charge in [0, 0.05) is 11.9 Å². The van der Waals surface area contributed by atoms with E-state index in [1.807, 2.05) is 13.1 Å². The SMILES string of the molecule is C/C=C\c1c(C(C)C)ccnc1C. The lowest BCUT2D eigenvalue weighted by Crippen LogP contribution is -1.96. The molecule has 0 spiro atoms. The highest BCUT2D eigenvalue weighted by molar-refractivity contribution is 5.56. The molecule has 13 heavy (non-hydrogen) atoms. The van der Waals surface area contributed by atoms with Gasteiger partial charge in [0.15, 0.2) is 0 Å². The highest BCUT2D eigenvalue weighted by Gasteiger charge is 2.06. The molecule has 1 aromatic heterocycles. The van der Waals surface area contributed by atoms with Crippen LogP contribution in [0.4, 0.5) is 0 Å². The normalized spacial score (nSPS) is 11.5. The third-order valence-electron chi connectivity index (χ3n) is 2.18. The lowest BCUT2D eigenvalue weighted by molar-refractivity contribution is 0.855. The van der Waals surface area contributed by atoms with E-state index in [9.17, 15) is 0 Å². The van der Waals surface area contributed by atoms with Crippen LogP contribution in [0.1, 0.15) is 43.5 Å². The van der Waals surface area contributed by atoms with Crippen molar-refractivity contribution in [2.75, 3.05) is 0 Å². The first-order chi connectivity index (χ1) is 6.16. The van der Waals surface area contributed by atoms with Crippen molar-refractivity contribution < 1.29 is 0 Å². The van der Waals surface area contributed by atoms with Crippen LogP contribution in [-0.4, -0.2) is 4.98 Å². The Kier molecular flexibility index (Phi) is 3.24. The molecule has 0 radical (unpaired) electrons. The number of rotatable bonds is 2. The molecule has 0 N–H and O–H groups in total. The van der Waals surface area contributed by atoms with Crippen molar-refractivity contribution in [3.05, 3.63) is 35.2 Å². The van der Waals surface area contributed by atoms with Crippen LogP contribution in [0.25, 0.3) is 6.08 Å². The van der Waals surface area contributed by atoms with Gasteiger partial charge in [0.25, 0.3) is 0 Å². The Balaban J connectivity index is 3.25. The molecule has 1 heteroatoms. The predicted molar refractivity (Wildman–Crippen MR) is 57.8 cm³/mol. The molecule has 1 rings (SSSR count). The zero-order chi connectivity index (χ0) is 9.84. The summed E-state index contributed by atoms with van der Waals surface area (Å²) in [6.45, 7) is 8.52. The number of hydrogen-bond acceptors (Lipinski definition) is 1. The minimum atomic E-state index is 0.563. The maximum absolute atomic E-state index is 4.29. The van der Waals surface area contributed by atoms with Crippen LogP contribution in [0.2, 0.25) is 0 Å². The van der Waals surface area contributed by atoms with Gasteiger partial charge in [-0.05, 0) is 37.0 Å². The molecule has 1 heterocycles. The molecule has 0 aliphatic rings. The van der Waals surface area contributed by atoms with Gasteiger partial charge in [0.05, 0.1) is 0 Å². The molecule has 1 aromatic rings. The fourth-order valence-corrected chi connectivity index (χ4v) is 1.48. The van der Waals surface area contributed by atoms with E-state index in [2.05, 4.69) is 44.0 Å². The molecule has 0 aliphatic heterocycles. The van der Waals surface area contributed by atoms with E-state index >= 15 is 0 Å². The summed E-state index contributed by atoms with van der Waals surface area (Å²) in [5.74, 6) is 0.563. The van der Waals surface area contributed by atoms with Crippen molar-refractivity contribution in [3.63, 3.8) is 0 Å². The summed E-state index contributed by atoms with van der Waals surface area (Å²) >= 11 is 0. The fraction of sp³-hybridized carbons (Fsp3) is 0.417. The van der Waals surface area contributed by atoms with Crippen LogP contribution in [0, 0.1) is 6.92 Å². The third-order valence-corrected chi connectivity index (χ3v) is 2.18.